The fraction of sp³-hybridized carbons (Fsp3) is 1.00. The predicted molar refractivity (Wildman–Crippen MR) is 56.5 cm³/mol. The van der Waals surface area contributed by atoms with Gasteiger partial charge in [-0.15, -0.1) is 0 Å². The van der Waals surface area contributed by atoms with Gasteiger partial charge >= 0.3 is 0 Å². The molecule has 3 N–H and O–H groups in total. The number of nitrogens with two attached hydrogens (primary N) is 1. The van der Waals surface area contributed by atoms with Gasteiger partial charge in [-0.1, -0.05) is 0 Å². The van der Waals surface area contributed by atoms with E-state index in [1.165, 1.54) is 0 Å². The molecule has 0 amide bonds. The number of hydrogen-bond donors (Lipinski definition) is 2. The van der Waals surface area contributed by atoms with E-state index in [1.807, 2.05) is 0 Å². The van der Waals surface area contributed by atoms with Crippen LogP contribution in [0.4, 0.5) is 0 Å². The molecule has 0 bridgehead atoms. The van der Waals surface area contributed by atoms with Gasteiger partial charge in [0, 0.05) is 31.8 Å². The second-order valence-corrected chi connectivity index (χ2v) is 4.68. The summed E-state index contributed by atoms with van der Waals surface area (Å²) in [6.45, 7) is 2.72. The molecule has 2 unspecified atom stereocenters. The molecule has 0 aromatic carbocycles. The average molecular weight is 215 g/mol. The lowest BCUT2D eigenvalue weighted by Crippen LogP contribution is -2.50. The zero-order valence-electron chi connectivity index (χ0n) is 9.15. The standard InChI is InChI=1S/C11H21NO3/c12-8-11(3-6-14-7-4-11)10(13)9-2-1-5-15-9/h9-10,13H,1-8,12H2. The van der Waals surface area contributed by atoms with E-state index in [4.69, 9.17) is 15.2 Å². The fourth-order valence-electron chi connectivity index (χ4n) is 2.64. The molecule has 2 rings (SSSR count). The molecule has 4 nitrogen and oxygen atoms in total. The molecule has 2 saturated heterocycles. The van der Waals surface area contributed by atoms with Gasteiger partial charge in [0.15, 0.2) is 0 Å². The summed E-state index contributed by atoms with van der Waals surface area (Å²) in [5, 5.41) is 10.4. The average Bonchev–Trinajstić information content (AvgIpc) is 2.82. The van der Waals surface area contributed by atoms with Crippen LogP contribution in [-0.4, -0.2) is 43.7 Å². The third-order valence-corrected chi connectivity index (χ3v) is 3.84. The lowest BCUT2D eigenvalue weighted by atomic mass is 9.73. The van der Waals surface area contributed by atoms with Crippen LogP contribution in [0.5, 0.6) is 0 Å². The van der Waals surface area contributed by atoms with Crippen molar-refractivity contribution in [1.29, 1.82) is 0 Å². The Labute approximate surface area is 90.7 Å². The van der Waals surface area contributed by atoms with Crippen LogP contribution in [0.2, 0.25) is 0 Å². The van der Waals surface area contributed by atoms with E-state index in [2.05, 4.69) is 0 Å². The zero-order chi connectivity index (χ0) is 10.7. The number of ether oxygens (including phenoxy) is 2. The highest BCUT2D eigenvalue weighted by Crippen LogP contribution is 2.37. The van der Waals surface area contributed by atoms with Gasteiger partial charge in [-0.25, -0.2) is 0 Å². The van der Waals surface area contributed by atoms with Crippen molar-refractivity contribution in [2.75, 3.05) is 26.4 Å². The molecule has 0 radical (unpaired) electrons. The second kappa shape index (κ2) is 4.78. The third kappa shape index (κ3) is 2.18. The van der Waals surface area contributed by atoms with Crippen molar-refractivity contribution in [1.82, 2.24) is 0 Å². The highest BCUT2D eigenvalue weighted by molar-refractivity contribution is 4.94. The van der Waals surface area contributed by atoms with Crippen LogP contribution in [0.1, 0.15) is 25.7 Å². The summed E-state index contributed by atoms with van der Waals surface area (Å²) in [6.07, 6.45) is 3.29. The Bertz CT molecular complexity index is 198. The Morgan fingerprint density at radius 1 is 1.33 bits per heavy atom. The third-order valence-electron chi connectivity index (χ3n) is 3.84. The molecule has 2 aliphatic heterocycles. The monoisotopic (exact) mass is 215 g/mol. The summed E-state index contributed by atoms with van der Waals surface area (Å²) >= 11 is 0. The minimum Gasteiger partial charge on any atom is -0.390 e. The smallest absolute Gasteiger partial charge is 0.0871 e. The number of rotatable bonds is 3. The van der Waals surface area contributed by atoms with Crippen LogP contribution in [0.25, 0.3) is 0 Å². The zero-order valence-corrected chi connectivity index (χ0v) is 9.15. The van der Waals surface area contributed by atoms with Gasteiger partial charge in [-0.3, -0.25) is 0 Å². The molecular weight excluding hydrogens is 194 g/mol. The Hall–Kier alpha value is -0.160. The fourth-order valence-corrected chi connectivity index (χ4v) is 2.64. The van der Waals surface area contributed by atoms with Gasteiger partial charge < -0.3 is 20.3 Å². The van der Waals surface area contributed by atoms with Crippen LogP contribution in [0, 0.1) is 5.41 Å². The molecule has 0 spiro atoms. The van der Waals surface area contributed by atoms with Gasteiger partial charge in [0.1, 0.15) is 0 Å². The Kier molecular flexibility index (Phi) is 3.61. The Morgan fingerprint density at radius 3 is 2.60 bits per heavy atom. The minimum atomic E-state index is -0.422. The van der Waals surface area contributed by atoms with Crippen molar-refractivity contribution in [3.63, 3.8) is 0 Å². The topological polar surface area (TPSA) is 64.7 Å². The first-order valence-electron chi connectivity index (χ1n) is 5.86. The Balaban J connectivity index is 2.02. The van der Waals surface area contributed by atoms with Gasteiger partial charge in [0.25, 0.3) is 0 Å². The minimum absolute atomic E-state index is 0.00773. The molecule has 0 aromatic heterocycles. The van der Waals surface area contributed by atoms with Crippen LogP contribution in [0.3, 0.4) is 0 Å². The van der Waals surface area contributed by atoms with Crippen molar-refractivity contribution in [3.8, 4) is 0 Å². The maximum absolute atomic E-state index is 10.4. The number of aliphatic hydroxyl groups is 1. The highest BCUT2D eigenvalue weighted by Gasteiger charge is 2.43. The highest BCUT2D eigenvalue weighted by atomic mass is 16.5. The summed E-state index contributed by atoms with van der Waals surface area (Å²) in [6, 6.07) is 0. The lowest BCUT2D eigenvalue weighted by Gasteiger charge is -2.42. The first kappa shape index (κ1) is 11.3. The summed E-state index contributed by atoms with van der Waals surface area (Å²) in [5.41, 5.74) is 5.66. The summed E-state index contributed by atoms with van der Waals surface area (Å²) < 4.78 is 10.9. The Morgan fingerprint density at radius 2 is 2.07 bits per heavy atom. The molecule has 88 valence electrons. The van der Waals surface area contributed by atoms with E-state index in [-0.39, 0.29) is 11.5 Å². The van der Waals surface area contributed by atoms with Gasteiger partial charge in [-0.2, -0.15) is 0 Å². The largest absolute Gasteiger partial charge is 0.390 e. The molecule has 0 aliphatic carbocycles. The summed E-state index contributed by atoms with van der Waals surface area (Å²) in [4.78, 5) is 0. The van der Waals surface area contributed by atoms with Crippen LogP contribution in [-0.2, 0) is 9.47 Å². The normalized spacial score (nSPS) is 32.8. The summed E-state index contributed by atoms with van der Waals surface area (Å²) in [7, 11) is 0. The van der Waals surface area contributed by atoms with Crippen molar-refractivity contribution in [2.24, 2.45) is 11.1 Å². The quantitative estimate of drug-likeness (QED) is 0.710. The molecule has 15 heavy (non-hydrogen) atoms. The van der Waals surface area contributed by atoms with Crippen molar-refractivity contribution in [2.45, 2.75) is 37.9 Å². The van der Waals surface area contributed by atoms with E-state index in [0.29, 0.717) is 19.8 Å². The molecule has 2 heterocycles. The SMILES string of the molecule is NCC1(C(O)C2CCCO2)CCOCC1. The molecule has 2 fully saturated rings. The van der Waals surface area contributed by atoms with Gasteiger partial charge in [0.2, 0.25) is 0 Å². The number of hydrogen-bond acceptors (Lipinski definition) is 4. The van der Waals surface area contributed by atoms with Crippen LogP contribution >= 0.6 is 0 Å². The summed E-state index contributed by atoms with van der Waals surface area (Å²) in [5.74, 6) is 0. The van der Waals surface area contributed by atoms with E-state index < -0.39 is 6.10 Å². The number of aliphatic hydroxyl groups excluding tert-OH is 1. The van der Waals surface area contributed by atoms with Crippen molar-refractivity contribution >= 4 is 0 Å². The lowest BCUT2D eigenvalue weighted by molar-refractivity contribution is -0.110. The van der Waals surface area contributed by atoms with E-state index in [0.717, 1.165) is 32.3 Å². The van der Waals surface area contributed by atoms with Crippen molar-refractivity contribution in [3.05, 3.63) is 0 Å². The molecule has 2 aliphatic rings. The van der Waals surface area contributed by atoms with Gasteiger partial charge in [0.05, 0.1) is 12.2 Å². The first-order valence-corrected chi connectivity index (χ1v) is 5.86. The van der Waals surface area contributed by atoms with Crippen LogP contribution < -0.4 is 5.73 Å². The second-order valence-electron chi connectivity index (χ2n) is 4.68. The molecule has 4 heteroatoms. The molecule has 0 saturated carbocycles. The van der Waals surface area contributed by atoms with E-state index in [1.54, 1.807) is 0 Å². The molecular formula is C11H21NO3. The maximum Gasteiger partial charge on any atom is 0.0871 e. The van der Waals surface area contributed by atoms with E-state index in [9.17, 15) is 5.11 Å². The van der Waals surface area contributed by atoms with E-state index >= 15 is 0 Å². The predicted octanol–water partition coefficient (Wildman–Crippen LogP) is 0.282. The van der Waals surface area contributed by atoms with Crippen LogP contribution in [0.15, 0.2) is 0 Å². The molecule has 0 aromatic rings. The van der Waals surface area contributed by atoms with Gasteiger partial charge in [-0.05, 0) is 25.7 Å². The maximum atomic E-state index is 10.4. The molecule has 2 atom stereocenters. The first-order chi connectivity index (χ1) is 7.28. The van der Waals surface area contributed by atoms with Crippen molar-refractivity contribution < 1.29 is 14.6 Å².